The lowest BCUT2D eigenvalue weighted by Crippen LogP contribution is -2.55. The maximum Gasteiger partial charge on any atom is 0.259 e. The molecular weight excluding hydrogens is 430 g/mol. The van der Waals surface area contributed by atoms with Crippen LogP contribution in [0, 0.1) is 11.6 Å². The summed E-state index contributed by atoms with van der Waals surface area (Å²) >= 11 is 0. The summed E-state index contributed by atoms with van der Waals surface area (Å²) in [5.74, 6) is -2.07. The zero-order valence-corrected chi connectivity index (χ0v) is 17.7. The van der Waals surface area contributed by atoms with Crippen LogP contribution in [0.25, 0.3) is 0 Å². The molecule has 2 saturated heterocycles. The minimum atomic E-state index is -3.85. The van der Waals surface area contributed by atoms with Gasteiger partial charge < -0.3 is 14.4 Å². The first-order valence-electron chi connectivity index (χ1n) is 9.83. The molecule has 0 saturated carbocycles. The molecule has 2 heterocycles. The Labute approximate surface area is 179 Å². The molecule has 2 aliphatic rings. The molecule has 31 heavy (non-hydrogen) atoms. The Balaban J connectivity index is 1.53. The molecule has 10 heteroatoms. The second-order valence-corrected chi connectivity index (χ2v) is 9.30. The molecule has 0 atom stereocenters. The van der Waals surface area contributed by atoms with Crippen LogP contribution in [0.3, 0.4) is 0 Å². The van der Waals surface area contributed by atoms with Crippen molar-refractivity contribution in [2.75, 3.05) is 33.4 Å². The van der Waals surface area contributed by atoms with E-state index in [0.29, 0.717) is 5.75 Å². The van der Waals surface area contributed by atoms with Gasteiger partial charge in [0, 0.05) is 32.5 Å². The van der Waals surface area contributed by atoms with Crippen molar-refractivity contribution in [3.63, 3.8) is 0 Å². The van der Waals surface area contributed by atoms with E-state index in [0.717, 1.165) is 12.1 Å². The highest BCUT2D eigenvalue weighted by atomic mass is 32.2. The summed E-state index contributed by atoms with van der Waals surface area (Å²) in [6.07, 6.45) is 0.397. The van der Waals surface area contributed by atoms with E-state index < -0.39 is 38.9 Å². The van der Waals surface area contributed by atoms with Crippen LogP contribution < -0.4 is 4.74 Å². The third kappa shape index (κ3) is 3.79. The minimum absolute atomic E-state index is 0.112. The number of ether oxygens (including phenoxy) is 2. The maximum atomic E-state index is 14.0. The summed E-state index contributed by atoms with van der Waals surface area (Å²) in [5, 5.41) is 0. The van der Waals surface area contributed by atoms with E-state index in [2.05, 4.69) is 0 Å². The summed E-state index contributed by atoms with van der Waals surface area (Å²) in [7, 11) is -2.35. The normalized spacial score (nSPS) is 19.0. The largest absolute Gasteiger partial charge is 0.497 e. The lowest BCUT2D eigenvalue weighted by Gasteiger charge is -2.42. The highest BCUT2D eigenvalue weighted by Crippen LogP contribution is 2.39. The van der Waals surface area contributed by atoms with Crippen molar-refractivity contribution in [2.24, 2.45) is 0 Å². The van der Waals surface area contributed by atoms with Crippen LogP contribution >= 0.6 is 0 Å². The molecular formula is C21H22F2N2O5S. The first-order chi connectivity index (χ1) is 14.8. The van der Waals surface area contributed by atoms with Gasteiger partial charge in [-0.2, -0.15) is 4.31 Å². The monoisotopic (exact) mass is 452 g/mol. The van der Waals surface area contributed by atoms with Gasteiger partial charge >= 0.3 is 0 Å². The van der Waals surface area contributed by atoms with Crippen LogP contribution in [-0.4, -0.2) is 62.6 Å². The average molecular weight is 452 g/mol. The predicted octanol–water partition coefficient (Wildman–Crippen LogP) is 2.63. The maximum absolute atomic E-state index is 14.0. The van der Waals surface area contributed by atoms with Gasteiger partial charge in [0.15, 0.2) is 0 Å². The molecule has 0 aliphatic carbocycles. The Kier molecular flexibility index (Phi) is 5.71. The van der Waals surface area contributed by atoms with Gasteiger partial charge in [-0.15, -0.1) is 0 Å². The van der Waals surface area contributed by atoms with Crippen molar-refractivity contribution in [3.8, 4) is 5.75 Å². The molecule has 0 radical (unpaired) electrons. The number of likely N-dealkylation sites (tertiary alicyclic amines) is 1. The lowest BCUT2D eigenvalue weighted by molar-refractivity contribution is -0.0857. The minimum Gasteiger partial charge on any atom is -0.497 e. The Morgan fingerprint density at radius 2 is 1.65 bits per heavy atom. The van der Waals surface area contributed by atoms with E-state index in [1.54, 1.807) is 12.1 Å². The van der Waals surface area contributed by atoms with Gasteiger partial charge in [0.1, 0.15) is 28.7 Å². The molecule has 0 bridgehead atoms. The van der Waals surface area contributed by atoms with Crippen molar-refractivity contribution < 1.29 is 31.5 Å². The molecule has 2 aromatic rings. The number of amides is 1. The van der Waals surface area contributed by atoms with Crippen LogP contribution in [0.2, 0.25) is 0 Å². The van der Waals surface area contributed by atoms with Crippen LogP contribution in [0.5, 0.6) is 5.75 Å². The molecule has 0 N–H and O–H groups in total. The number of carbonyl (C=O) groups excluding carboxylic acids is 1. The predicted molar refractivity (Wildman–Crippen MR) is 107 cm³/mol. The highest BCUT2D eigenvalue weighted by Gasteiger charge is 2.51. The van der Waals surface area contributed by atoms with Crippen molar-refractivity contribution in [1.29, 1.82) is 0 Å². The molecule has 1 spiro atoms. The molecule has 0 aromatic heterocycles. The Morgan fingerprint density at radius 3 is 2.23 bits per heavy atom. The second-order valence-electron chi connectivity index (χ2n) is 7.44. The van der Waals surface area contributed by atoms with Gasteiger partial charge in [0.25, 0.3) is 5.91 Å². The lowest BCUT2D eigenvalue weighted by atomic mass is 9.99. The SMILES string of the molecule is COc1ccc(S(=O)(=O)N2CCOC23CCN(C(=O)c2c(F)cccc2F)CC3)cc1. The fraction of sp³-hybridized carbons (Fsp3) is 0.381. The molecule has 0 unspecified atom stereocenters. The number of halogens is 2. The van der Waals surface area contributed by atoms with Crippen LogP contribution in [0.15, 0.2) is 47.4 Å². The molecule has 4 rings (SSSR count). The quantitative estimate of drug-likeness (QED) is 0.713. The number of benzene rings is 2. The molecule has 2 aliphatic heterocycles. The molecule has 2 aromatic carbocycles. The van der Waals surface area contributed by atoms with Crippen LogP contribution in [-0.2, 0) is 14.8 Å². The van der Waals surface area contributed by atoms with Crippen molar-refractivity contribution in [2.45, 2.75) is 23.5 Å². The number of piperidine rings is 1. The smallest absolute Gasteiger partial charge is 0.259 e. The molecule has 2 fully saturated rings. The number of nitrogens with zero attached hydrogens (tertiary/aromatic N) is 2. The zero-order valence-electron chi connectivity index (χ0n) is 16.9. The average Bonchev–Trinajstić information content (AvgIpc) is 3.18. The van der Waals surface area contributed by atoms with Gasteiger partial charge in [-0.25, -0.2) is 17.2 Å². The Morgan fingerprint density at radius 1 is 1.03 bits per heavy atom. The summed E-state index contributed by atoms with van der Waals surface area (Å²) < 4.78 is 66.8. The standard InChI is InChI=1S/C21H22F2N2O5S/c1-29-15-5-7-16(8-6-15)31(27,28)25-13-14-30-21(25)9-11-24(12-10-21)20(26)19-17(22)3-2-4-18(19)23/h2-8H,9-14H2,1H3. The topological polar surface area (TPSA) is 76.2 Å². The summed E-state index contributed by atoms with van der Waals surface area (Å²) in [6.45, 7) is 0.637. The van der Waals surface area contributed by atoms with E-state index in [4.69, 9.17) is 9.47 Å². The van der Waals surface area contributed by atoms with E-state index in [1.807, 2.05) is 0 Å². The summed E-state index contributed by atoms with van der Waals surface area (Å²) in [6, 6.07) is 9.35. The van der Waals surface area contributed by atoms with Crippen molar-refractivity contribution in [3.05, 3.63) is 59.7 Å². The van der Waals surface area contributed by atoms with Gasteiger partial charge in [-0.3, -0.25) is 4.79 Å². The second kappa shape index (κ2) is 8.18. The van der Waals surface area contributed by atoms with E-state index in [1.165, 1.54) is 34.5 Å². The fourth-order valence-corrected chi connectivity index (χ4v) is 5.84. The summed E-state index contributed by atoms with van der Waals surface area (Å²) in [4.78, 5) is 14.1. The Bertz CT molecular complexity index is 1060. The van der Waals surface area contributed by atoms with Gasteiger partial charge in [-0.05, 0) is 36.4 Å². The van der Waals surface area contributed by atoms with Gasteiger partial charge in [0.05, 0.1) is 18.6 Å². The molecule has 7 nitrogen and oxygen atoms in total. The third-order valence-corrected chi connectivity index (χ3v) is 7.74. The number of rotatable bonds is 4. The van der Waals surface area contributed by atoms with Gasteiger partial charge in [-0.1, -0.05) is 6.07 Å². The van der Waals surface area contributed by atoms with E-state index in [-0.39, 0.29) is 44.0 Å². The molecule has 166 valence electrons. The van der Waals surface area contributed by atoms with E-state index in [9.17, 15) is 22.0 Å². The van der Waals surface area contributed by atoms with Crippen molar-refractivity contribution >= 4 is 15.9 Å². The Hall–Kier alpha value is -2.56. The first-order valence-corrected chi connectivity index (χ1v) is 11.3. The highest BCUT2D eigenvalue weighted by molar-refractivity contribution is 7.89. The fourth-order valence-electron chi connectivity index (χ4n) is 4.12. The summed E-state index contributed by atoms with van der Waals surface area (Å²) in [5.41, 5.74) is -1.70. The van der Waals surface area contributed by atoms with Gasteiger partial charge in [0.2, 0.25) is 10.0 Å². The number of methoxy groups -OCH3 is 1. The first kappa shape index (κ1) is 21.7. The molecule has 1 amide bonds. The van der Waals surface area contributed by atoms with Crippen molar-refractivity contribution in [1.82, 2.24) is 9.21 Å². The number of hydrogen-bond donors (Lipinski definition) is 0. The van der Waals surface area contributed by atoms with Crippen LogP contribution in [0.4, 0.5) is 8.78 Å². The zero-order chi connectivity index (χ0) is 22.2. The number of carbonyl (C=O) groups is 1. The number of sulfonamides is 1. The number of hydrogen-bond acceptors (Lipinski definition) is 5. The van der Waals surface area contributed by atoms with E-state index >= 15 is 0 Å². The third-order valence-electron chi connectivity index (χ3n) is 5.78. The van der Waals surface area contributed by atoms with Crippen LogP contribution in [0.1, 0.15) is 23.2 Å².